The van der Waals surface area contributed by atoms with Crippen LogP contribution in [0.15, 0.2) is 54.6 Å². The molecule has 27 heavy (non-hydrogen) atoms. The molecule has 2 nitrogen and oxygen atoms in total. The molecule has 0 radical (unpaired) electrons. The van der Waals surface area contributed by atoms with Gasteiger partial charge in [0.25, 0.3) is 0 Å². The number of benzene rings is 2. The van der Waals surface area contributed by atoms with E-state index in [0.717, 1.165) is 25.8 Å². The molecule has 2 aromatic carbocycles. The Labute approximate surface area is 163 Å². The van der Waals surface area contributed by atoms with Gasteiger partial charge in [0.1, 0.15) is 5.78 Å². The number of hydrogen-bond donors (Lipinski definition) is 0. The van der Waals surface area contributed by atoms with Gasteiger partial charge in [-0.15, -0.1) is 0 Å². The molecule has 0 bridgehead atoms. The molecule has 1 fully saturated rings. The summed E-state index contributed by atoms with van der Waals surface area (Å²) in [5, 5.41) is 0. The summed E-state index contributed by atoms with van der Waals surface area (Å²) in [4.78, 5) is 15.9. The molecule has 142 valence electrons. The highest BCUT2D eigenvalue weighted by Gasteiger charge is 2.37. The first-order valence-electron chi connectivity index (χ1n) is 10.7. The van der Waals surface area contributed by atoms with Crippen LogP contribution in [-0.4, -0.2) is 18.4 Å². The van der Waals surface area contributed by atoms with Crippen LogP contribution in [0.25, 0.3) is 0 Å². The second-order valence-electron chi connectivity index (χ2n) is 8.21. The van der Waals surface area contributed by atoms with Crippen molar-refractivity contribution in [3.63, 3.8) is 0 Å². The van der Waals surface area contributed by atoms with E-state index in [2.05, 4.69) is 53.4 Å². The van der Waals surface area contributed by atoms with Crippen molar-refractivity contribution in [2.75, 3.05) is 11.4 Å². The van der Waals surface area contributed by atoms with Crippen LogP contribution in [0.1, 0.15) is 56.1 Å². The van der Waals surface area contributed by atoms with E-state index in [1.807, 2.05) is 6.07 Å². The minimum Gasteiger partial charge on any atom is -0.368 e. The number of aryl methyl sites for hydroxylation is 1. The molecule has 0 N–H and O–H groups in total. The lowest BCUT2D eigenvalue weighted by molar-refractivity contribution is -0.123. The highest BCUT2D eigenvalue weighted by molar-refractivity contribution is 5.84. The number of para-hydroxylation sites is 1. The molecule has 2 heterocycles. The zero-order valence-corrected chi connectivity index (χ0v) is 16.3. The van der Waals surface area contributed by atoms with E-state index in [1.54, 1.807) is 0 Å². The Bertz CT molecular complexity index is 754. The summed E-state index contributed by atoms with van der Waals surface area (Å²) in [6, 6.07) is 19.6. The maximum absolute atomic E-state index is 13.3. The van der Waals surface area contributed by atoms with Crippen LogP contribution in [0.3, 0.4) is 0 Å². The van der Waals surface area contributed by atoms with Gasteiger partial charge in [-0.1, -0.05) is 74.2 Å². The molecule has 1 saturated heterocycles. The van der Waals surface area contributed by atoms with Crippen molar-refractivity contribution in [1.82, 2.24) is 0 Å². The quantitative estimate of drug-likeness (QED) is 0.707. The Morgan fingerprint density at radius 1 is 0.889 bits per heavy atom. The third-order valence-corrected chi connectivity index (χ3v) is 6.42. The number of Topliss-reactive ketones (excluding diaryl/α,β-unsaturated/α-hetero) is 1. The second kappa shape index (κ2) is 8.73. The number of fused-ring (bicyclic) bond motifs is 3. The Hall–Kier alpha value is -2.09. The standard InChI is InChI=1S/C25H31NO/c27-25(17-16-20-11-5-4-6-12-20)22-19-21-13-8-9-14-23(21)26-18-10-3-1-2-7-15-24(22)26/h4-6,8-9,11-14,22,24H,1-3,7,10,15-19H2/t22-,24+/m1/s1. The van der Waals surface area contributed by atoms with Gasteiger partial charge in [0, 0.05) is 30.6 Å². The van der Waals surface area contributed by atoms with Crippen LogP contribution in [0.2, 0.25) is 0 Å². The number of ketones is 1. The van der Waals surface area contributed by atoms with Gasteiger partial charge >= 0.3 is 0 Å². The fourth-order valence-electron chi connectivity index (χ4n) is 4.97. The fraction of sp³-hybridized carbons (Fsp3) is 0.480. The summed E-state index contributed by atoms with van der Waals surface area (Å²) in [6.07, 6.45) is 10.1. The zero-order valence-electron chi connectivity index (χ0n) is 16.3. The largest absolute Gasteiger partial charge is 0.368 e. The molecule has 0 unspecified atom stereocenters. The summed E-state index contributed by atoms with van der Waals surface area (Å²) in [5.74, 6) is 0.615. The summed E-state index contributed by atoms with van der Waals surface area (Å²) >= 11 is 0. The second-order valence-corrected chi connectivity index (χ2v) is 8.21. The molecule has 2 aliphatic rings. The molecule has 4 rings (SSSR count). The first-order valence-corrected chi connectivity index (χ1v) is 10.7. The highest BCUT2D eigenvalue weighted by atomic mass is 16.1. The molecule has 2 aliphatic heterocycles. The first-order chi connectivity index (χ1) is 13.3. The lowest BCUT2D eigenvalue weighted by atomic mass is 9.79. The molecular formula is C25H31NO. The van der Waals surface area contributed by atoms with Gasteiger partial charge in [0.05, 0.1) is 0 Å². The highest BCUT2D eigenvalue weighted by Crippen LogP contribution is 2.38. The van der Waals surface area contributed by atoms with Gasteiger partial charge in [0.15, 0.2) is 0 Å². The average Bonchev–Trinajstić information content (AvgIpc) is 2.84. The number of nitrogens with zero attached hydrogens (tertiary/aromatic N) is 1. The smallest absolute Gasteiger partial charge is 0.138 e. The summed E-state index contributed by atoms with van der Waals surface area (Å²) in [7, 11) is 0. The van der Waals surface area contributed by atoms with E-state index in [-0.39, 0.29) is 5.92 Å². The van der Waals surface area contributed by atoms with E-state index in [1.165, 1.54) is 48.9 Å². The summed E-state index contributed by atoms with van der Waals surface area (Å²) in [5.41, 5.74) is 4.02. The molecule has 2 heteroatoms. The molecule has 0 spiro atoms. The van der Waals surface area contributed by atoms with E-state index in [9.17, 15) is 4.79 Å². The number of rotatable bonds is 4. The Morgan fingerprint density at radius 2 is 1.63 bits per heavy atom. The molecule has 2 atom stereocenters. The third-order valence-electron chi connectivity index (χ3n) is 6.42. The van der Waals surface area contributed by atoms with Crippen LogP contribution in [0.5, 0.6) is 0 Å². The predicted molar refractivity (Wildman–Crippen MR) is 112 cm³/mol. The maximum Gasteiger partial charge on any atom is 0.138 e. The van der Waals surface area contributed by atoms with Gasteiger partial charge in [-0.3, -0.25) is 4.79 Å². The topological polar surface area (TPSA) is 20.3 Å². The lowest BCUT2D eigenvalue weighted by Gasteiger charge is -2.43. The summed E-state index contributed by atoms with van der Waals surface area (Å²) < 4.78 is 0. The van der Waals surface area contributed by atoms with Crippen molar-refractivity contribution in [3.05, 3.63) is 65.7 Å². The van der Waals surface area contributed by atoms with Crippen molar-refractivity contribution in [1.29, 1.82) is 0 Å². The molecule has 0 aromatic heterocycles. The summed E-state index contributed by atoms with van der Waals surface area (Å²) in [6.45, 7) is 1.10. The van der Waals surface area contributed by atoms with Gasteiger partial charge in [-0.25, -0.2) is 0 Å². The average molecular weight is 362 g/mol. The van der Waals surface area contributed by atoms with Gasteiger partial charge in [-0.05, 0) is 42.9 Å². The molecule has 2 aromatic rings. The monoisotopic (exact) mass is 361 g/mol. The van der Waals surface area contributed by atoms with Crippen LogP contribution in [0, 0.1) is 5.92 Å². The maximum atomic E-state index is 13.3. The number of carbonyl (C=O) groups is 1. The van der Waals surface area contributed by atoms with Crippen molar-refractivity contribution >= 4 is 11.5 Å². The van der Waals surface area contributed by atoms with E-state index < -0.39 is 0 Å². The minimum absolute atomic E-state index is 0.154. The Morgan fingerprint density at radius 3 is 2.52 bits per heavy atom. The van der Waals surface area contributed by atoms with Crippen LogP contribution < -0.4 is 4.90 Å². The Balaban J connectivity index is 1.55. The normalized spacial score (nSPS) is 22.7. The van der Waals surface area contributed by atoms with Crippen LogP contribution in [0.4, 0.5) is 5.69 Å². The number of anilines is 1. The van der Waals surface area contributed by atoms with Gasteiger partial charge in [0.2, 0.25) is 0 Å². The van der Waals surface area contributed by atoms with Crippen molar-refractivity contribution in [3.8, 4) is 0 Å². The Kier molecular flexibility index (Phi) is 5.91. The van der Waals surface area contributed by atoms with E-state index in [4.69, 9.17) is 0 Å². The first kappa shape index (κ1) is 18.3. The van der Waals surface area contributed by atoms with Crippen molar-refractivity contribution in [2.24, 2.45) is 5.92 Å². The third kappa shape index (κ3) is 4.26. The van der Waals surface area contributed by atoms with Crippen LogP contribution in [-0.2, 0) is 17.6 Å². The van der Waals surface area contributed by atoms with Gasteiger partial charge in [-0.2, -0.15) is 0 Å². The molecular weight excluding hydrogens is 330 g/mol. The van der Waals surface area contributed by atoms with Crippen molar-refractivity contribution < 1.29 is 4.79 Å². The minimum atomic E-state index is 0.154. The van der Waals surface area contributed by atoms with Gasteiger partial charge < -0.3 is 4.90 Å². The fourth-order valence-corrected chi connectivity index (χ4v) is 4.97. The van der Waals surface area contributed by atoms with Crippen LogP contribution >= 0.6 is 0 Å². The van der Waals surface area contributed by atoms with Crippen molar-refractivity contribution in [2.45, 2.75) is 63.8 Å². The predicted octanol–water partition coefficient (Wildman–Crippen LogP) is 5.59. The molecule has 0 saturated carbocycles. The zero-order chi connectivity index (χ0) is 18.5. The van der Waals surface area contributed by atoms with E-state index >= 15 is 0 Å². The SMILES string of the molecule is O=C(CCc1ccccc1)[C@@H]1Cc2ccccc2N2CCCCCCC[C@@H]12. The number of hydrogen-bond acceptors (Lipinski definition) is 2. The number of carbonyl (C=O) groups excluding carboxylic acids is 1. The molecule has 0 amide bonds. The molecule has 0 aliphatic carbocycles. The van der Waals surface area contributed by atoms with E-state index in [0.29, 0.717) is 18.2 Å². The lowest BCUT2D eigenvalue weighted by Crippen LogP contribution is -2.48.